The summed E-state index contributed by atoms with van der Waals surface area (Å²) in [5.74, 6) is 0.893. The first-order valence-corrected chi connectivity index (χ1v) is 5.62. The molecule has 1 aliphatic heterocycles. The lowest BCUT2D eigenvalue weighted by Gasteiger charge is -2.28. The third-order valence-corrected chi connectivity index (χ3v) is 3.08. The molecule has 2 atom stereocenters. The van der Waals surface area contributed by atoms with Crippen molar-refractivity contribution in [1.82, 2.24) is 5.32 Å². The lowest BCUT2D eigenvalue weighted by atomic mass is 9.91. The fourth-order valence-electron chi connectivity index (χ4n) is 2.27. The van der Waals surface area contributed by atoms with Gasteiger partial charge in [-0.25, -0.2) is 0 Å². The van der Waals surface area contributed by atoms with Gasteiger partial charge in [-0.05, 0) is 37.3 Å². The lowest BCUT2D eigenvalue weighted by Crippen LogP contribution is -2.38. The summed E-state index contributed by atoms with van der Waals surface area (Å²) in [5.41, 5.74) is 1.46. The molecule has 76 valence electrons. The standard InChI is InChI=1S/C13H19N/c1-11-7-8-14-13(9-11)10-12-5-3-2-4-6-12/h2-6,11,13-14H,7-10H2,1H3/t11?,13-/m1/s1. The molecule has 1 aliphatic rings. The van der Waals surface area contributed by atoms with Crippen LogP contribution in [-0.2, 0) is 6.42 Å². The average Bonchev–Trinajstić information content (AvgIpc) is 2.19. The van der Waals surface area contributed by atoms with Crippen molar-refractivity contribution in [2.45, 2.75) is 32.2 Å². The molecular formula is C13H19N. The molecule has 1 heteroatoms. The predicted octanol–water partition coefficient (Wildman–Crippen LogP) is 2.62. The van der Waals surface area contributed by atoms with Crippen molar-refractivity contribution in [3.05, 3.63) is 35.9 Å². The molecule has 1 fully saturated rings. The Morgan fingerprint density at radius 2 is 2.07 bits per heavy atom. The SMILES string of the molecule is CC1CCN[C@@H](Cc2ccccc2)C1. The number of nitrogens with one attached hydrogen (secondary N) is 1. The molecule has 1 saturated heterocycles. The maximum atomic E-state index is 3.60. The Morgan fingerprint density at radius 1 is 1.29 bits per heavy atom. The minimum absolute atomic E-state index is 0.696. The highest BCUT2D eigenvalue weighted by Crippen LogP contribution is 2.17. The first-order chi connectivity index (χ1) is 6.84. The average molecular weight is 189 g/mol. The fourth-order valence-corrected chi connectivity index (χ4v) is 2.27. The molecule has 0 amide bonds. The summed E-state index contributed by atoms with van der Waals surface area (Å²) < 4.78 is 0. The minimum atomic E-state index is 0.696. The molecule has 1 heterocycles. The van der Waals surface area contributed by atoms with Gasteiger partial charge < -0.3 is 5.32 Å². The van der Waals surface area contributed by atoms with Crippen molar-refractivity contribution in [2.75, 3.05) is 6.54 Å². The van der Waals surface area contributed by atoms with Crippen LogP contribution in [0, 0.1) is 5.92 Å². The second kappa shape index (κ2) is 4.61. The summed E-state index contributed by atoms with van der Waals surface area (Å²) >= 11 is 0. The van der Waals surface area contributed by atoms with Crippen LogP contribution in [0.2, 0.25) is 0 Å². The van der Waals surface area contributed by atoms with Gasteiger partial charge in [-0.15, -0.1) is 0 Å². The van der Waals surface area contributed by atoms with Crippen molar-refractivity contribution in [3.8, 4) is 0 Å². The quantitative estimate of drug-likeness (QED) is 0.754. The van der Waals surface area contributed by atoms with Gasteiger partial charge in [0.15, 0.2) is 0 Å². The van der Waals surface area contributed by atoms with Crippen LogP contribution < -0.4 is 5.32 Å². The molecule has 0 saturated carbocycles. The van der Waals surface area contributed by atoms with E-state index < -0.39 is 0 Å². The first kappa shape index (κ1) is 9.72. The van der Waals surface area contributed by atoms with Gasteiger partial charge in [-0.3, -0.25) is 0 Å². The van der Waals surface area contributed by atoms with Gasteiger partial charge in [0.05, 0.1) is 0 Å². The third kappa shape index (κ3) is 2.58. The summed E-state index contributed by atoms with van der Waals surface area (Å²) in [5, 5.41) is 3.60. The van der Waals surface area contributed by atoms with Crippen LogP contribution in [0.15, 0.2) is 30.3 Å². The molecule has 0 aliphatic carbocycles. The maximum absolute atomic E-state index is 3.60. The normalized spacial score (nSPS) is 27.5. The summed E-state index contributed by atoms with van der Waals surface area (Å²) in [6.45, 7) is 3.55. The Kier molecular flexibility index (Phi) is 3.20. The van der Waals surface area contributed by atoms with Crippen LogP contribution in [0.25, 0.3) is 0 Å². The molecule has 14 heavy (non-hydrogen) atoms. The summed E-state index contributed by atoms with van der Waals surface area (Å²) in [7, 11) is 0. The van der Waals surface area contributed by atoms with Gasteiger partial charge >= 0.3 is 0 Å². The number of piperidine rings is 1. The van der Waals surface area contributed by atoms with E-state index >= 15 is 0 Å². The Bertz CT molecular complexity index is 268. The number of hydrogen-bond acceptors (Lipinski definition) is 1. The molecule has 0 bridgehead atoms. The zero-order valence-electron chi connectivity index (χ0n) is 8.87. The van der Waals surface area contributed by atoms with E-state index in [0.29, 0.717) is 6.04 Å². The van der Waals surface area contributed by atoms with Crippen molar-refractivity contribution in [3.63, 3.8) is 0 Å². The summed E-state index contributed by atoms with van der Waals surface area (Å²) in [6.07, 6.45) is 3.85. The van der Waals surface area contributed by atoms with Crippen LogP contribution in [0.1, 0.15) is 25.3 Å². The van der Waals surface area contributed by atoms with Crippen LogP contribution >= 0.6 is 0 Å². The maximum Gasteiger partial charge on any atom is 0.0110 e. The number of rotatable bonds is 2. The van der Waals surface area contributed by atoms with Crippen molar-refractivity contribution in [2.24, 2.45) is 5.92 Å². The molecule has 1 unspecified atom stereocenters. The van der Waals surface area contributed by atoms with Gasteiger partial charge in [-0.2, -0.15) is 0 Å². The largest absolute Gasteiger partial charge is 0.314 e. The topological polar surface area (TPSA) is 12.0 Å². The fraction of sp³-hybridized carbons (Fsp3) is 0.538. The first-order valence-electron chi connectivity index (χ1n) is 5.62. The monoisotopic (exact) mass is 189 g/mol. The van der Waals surface area contributed by atoms with Gasteiger partial charge in [-0.1, -0.05) is 37.3 Å². The van der Waals surface area contributed by atoms with E-state index in [-0.39, 0.29) is 0 Å². The molecule has 0 aromatic heterocycles. The van der Waals surface area contributed by atoms with Crippen LogP contribution in [0.3, 0.4) is 0 Å². The van der Waals surface area contributed by atoms with Crippen molar-refractivity contribution < 1.29 is 0 Å². The molecule has 1 aromatic rings. The summed E-state index contributed by atoms with van der Waals surface area (Å²) in [4.78, 5) is 0. The van der Waals surface area contributed by atoms with Crippen LogP contribution in [-0.4, -0.2) is 12.6 Å². The molecule has 2 rings (SSSR count). The van der Waals surface area contributed by atoms with E-state index in [4.69, 9.17) is 0 Å². The van der Waals surface area contributed by atoms with E-state index in [9.17, 15) is 0 Å². The van der Waals surface area contributed by atoms with Crippen LogP contribution in [0.4, 0.5) is 0 Å². The lowest BCUT2D eigenvalue weighted by molar-refractivity contribution is 0.318. The predicted molar refractivity (Wildman–Crippen MR) is 60.3 cm³/mol. The van der Waals surface area contributed by atoms with Crippen LogP contribution in [0.5, 0.6) is 0 Å². The molecule has 1 aromatic carbocycles. The molecular weight excluding hydrogens is 170 g/mol. The minimum Gasteiger partial charge on any atom is -0.314 e. The van der Waals surface area contributed by atoms with Crippen molar-refractivity contribution in [1.29, 1.82) is 0 Å². The molecule has 0 radical (unpaired) electrons. The van der Waals surface area contributed by atoms with E-state index in [2.05, 4.69) is 42.6 Å². The zero-order chi connectivity index (χ0) is 9.80. The van der Waals surface area contributed by atoms with Crippen molar-refractivity contribution >= 4 is 0 Å². The third-order valence-electron chi connectivity index (χ3n) is 3.08. The smallest absolute Gasteiger partial charge is 0.0110 e. The highest BCUT2D eigenvalue weighted by Gasteiger charge is 2.17. The Balaban J connectivity index is 1.91. The van der Waals surface area contributed by atoms with E-state index in [1.807, 2.05) is 0 Å². The highest BCUT2D eigenvalue weighted by atomic mass is 14.9. The van der Waals surface area contributed by atoms with E-state index in [1.54, 1.807) is 0 Å². The number of benzene rings is 1. The highest BCUT2D eigenvalue weighted by molar-refractivity contribution is 5.16. The molecule has 0 spiro atoms. The van der Waals surface area contributed by atoms with Gasteiger partial charge in [0.1, 0.15) is 0 Å². The molecule has 1 N–H and O–H groups in total. The van der Waals surface area contributed by atoms with Gasteiger partial charge in [0.2, 0.25) is 0 Å². The molecule has 1 nitrogen and oxygen atoms in total. The van der Waals surface area contributed by atoms with E-state index in [1.165, 1.54) is 31.4 Å². The Labute approximate surface area is 86.5 Å². The second-order valence-electron chi connectivity index (χ2n) is 4.47. The second-order valence-corrected chi connectivity index (χ2v) is 4.47. The Hall–Kier alpha value is -0.820. The Morgan fingerprint density at radius 3 is 2.79 bits per heavy atom. The zero-order valence-corrected chi connectivity index (χ0v) is 8.87. The van der Waals surface area contributed by atoms with Gasteiger partial charge in [0, 0.05) is 6.04 Å². The summed E-state index contributed by atoms with van der Waals surface area (Å²) in [6, 6.07) is 11.5. The number of hydrogen-bond donors (Lipinski definition) is 1. The van der Waals surface area contributed by atoms with E-state index in [0.717, 1.165) is 5.92 Å². The van der Waals surface area contributed by atoms with Gasteiger partial charge in [0.25, 0.3) is 0 Å².